The van der Waals surface area contributed by atoms with Crippen LogP contribution in [-0.2, 0) is 0 Å². The van der Waals surface area contributed by atoms with Gasteiger partial charge in [0.25, 0.3) is 0 Å². The second kappa shape index (κ2) is 2.45. The minimum absolute atomic E-state index is 0.0972. The Labute approximate surface area is 62.5 Å². The fraction of sp³-hybridized carbons (Fsp3) is 0.250. The summed E-state index contributed by atoms with van der Waals surface area (Å²) in [5.74, 6) is -0.0972. The lowest BCUT2D eigenvalue weighted by atomic mass is 10.4. The van der Waals surface area contributed by atoms with E-state index in [1.807, 2.05) is 0 Å². The van der Waals surface area contributed by atoms with Crippen molar-refractivity contribution in [3.63, 3.8) is 0 Å². The highest BCUT2D eigenvalue weighted by Gasteiger charge is 2.16. The molecule has 10 heavy (non-hydrogen) atoms. The molecule has 0 unspecified atom stereocenters. The van der Waals surface area contributed by atoms with Crippen LogP contribution in [0.3, 0.4) is 0 Å². The van der Waals surface area contributed by atoms with Crippen molar-refractivity contribution < 1.29 is 5.21 Å². The summed E-state index contributed by atoms with van der Waals surface area (Å²) in [6, 6.07) is 0. The van der Waals surface area contributed by atoms with E-state index in [1.54, 1.807) is 0 Å². The van der Waals surface area contributed by atoms with Crippen LogP contribution in [0, 0.1) is 0 Å². The monoisotopic (exact) mass is 162 g/mol. The SMILES string of the molecule is NC1=NC(Cl)=C[C@H](N)N1O. The molecule has 0 aromatic carbocycles. The highest BCUT2D eigenvalue weighted by atomic mass is 35.5. The summed E-state index contributed by atoms with van der Waals surface area (Å²) in [5.41, 5.74) is 10.5. The normalized spacial score (nSPS) is 25.9. The van der Waals surface area contributed by atoms with Gasteiger partial charge in [0.05, 0.1) is 0 Å². The van der Waals surface area contributed by atoms with Crippen LogP contribution in [0.4, 0.5) is 0 Å². The Hall–Kier alpha value is -0.780. The zero-order chi connectivity index (χ0) is 7.72. The van der Waals surface area contributed by atoms with Crippen molar-refractivity contribution >= 4 is 17.6 Å². The van der Waals surface area contributed by atoms with Crippen LogP contribution in [0.25, 0.3) is 0 Å². The summed E-state index contributed by atoms with van der Waals surface area (Å²) in [7, 11) is 0. The molecular weight excluding hydrogens is 156 g/mol. The van der Waals surface area contributed by atoms with Gasteiger partial charge in [-0.05, 0) is 6.08 Å². The number of nitrogens with two attached hydrogens (primary N) is 2. The molecule has 0 bridgehead atoms. The highest BCUT2D eigenvalue weighted by Crippen LogP contribution is 2.10. The number of nitrogens with zero attached hydrogens (tertiary/aromatic N) is 2. The minimum Gasteiger partial charge on any atom is -0.368 e. The Bertz CT molecular complexity index is 201. The molecule has 0 saturated carbocycles. The summed E-state index contributed by atoms with van der Waals surface area (Å²) in [4.78, 5) is 3.53. The van der Waals surface area contributed by atoms with E-state index in [4.69, 9.17) is 28.3 Å². The molecule has 0 spiro atoms. The predicted octanol–water partition coefficient (Wildman–Crippen LogP) is -0.629. The van der Waals surface area contributed by atoms with Crippen LogP contribution in [0.5, 0.6) is 0 Å². The second-order valence-electron chi connectivity index (χ2n) is 1.79. The number of halogens is 1. The molecule has 1 rings (SSSR count). The lowest BCUT2D eigenvalue weighted by molar-refractivity contribution is -0.0399. The van der Waals surface area contributed by atoms with Crippen LogP contribution >= 0.6 is 11.6 Å². The molecule has 0 radical (unpaired) electrons. The van der Waals surface area contributed by atoms with E-state index in [0.29, 0.717) is 5.06 Å². The number of hydroxylamine groups is 2. The maximum Gasteiger partial charge on any atom is 0.223 e. The molecule has 0 aromatic heterocycles. The van der Waals surface area contributed by atoms with Gasteiger partial charge in [-0.2, -0.15) is 0 Å². The van der Waals surface area contributed by atoms with Crippen molar-refractivity contribution in [1.82, 2.24) is 5.06 Å². The van der Waals surface area contributed by atoms with Gasteiger partial charge in [0.2, 0.25) is 5.96 Å². The predicted molar refractivity (Wildman–Crippen MR) is 37.2 cm³/mol. The lowest BCUT2D eigenvalue weighted by Crippen LogP contribution is -2.47. The van der Waals surface area contributed by atoms with Crippen LogP contribution in [0.15, 0.2) is 16.2 Å². The van der Waals surface area contributed by atoms with Crippen molar-refractivity contribution in [2.24, 2.45) is 16.5 Å². The van der Waals surface area contributed by atoms with Gasteiger partial charge in [-0.1, -0.05) is 11.6 Å². The Morgan fingerprint density at radius 3 is 2.90 bits per heavy atom. The lowest BCUT2D eigenvalue weighted by Gasteiger charge is -2.23. The van der Waals surface area contributed by atoms with Crippen LogP contribution in [-0.4, -0.2) is 22.4 Å². The molecule has 6 heteroatoms. The molecule has 5 N–H and O–H groups in total. The summed E-state index contributed by atoms with van der Waals surface area (Å²) >= 11 is 5.45. The van der Waals surface area contributed by atoms with Crippen molar-refractivity contribution in [2.75, 3.05) is 0 Å². The molecule has 0 aromatic rings. The highest BCUT2D eigenvalue weighted by molar-refractivity contribution is 6.30. The smallest absolute Gasteiger partial charge is 0.223 e. The summed E-state index contributed by atoms with van der Waals surface area (Å²) in [5, 5.41) is 9.73. The van der Waals surface area contributed by atoms with Crippen molar-refractivity contribution in [3.8, 4) is 0 Å². The van der Waals surface area contributed by atoms with Crippen molar-refractivity contribution in [1.29, 1.82) is 0 Å². The molecular formula is C4H7ClN4O. The third-order valence-electron chi connectivity index (χ3n) is 1.05. The number of hydrogen-bond acceptors (Lipinski definition) is 5. The van der Waals surface area contributed by atoms with E-state index in [9.17, 15) is 0 Å². The second-order valence-corrected chi connectivity index (χ2v) is 2.18. The van der Waals surface area contributed by atoms with E-state index < -0.39 is 6.17 Å². The maximum atomic E-state index is 8.91. The van der Waals surface area contributed by atoms with E-state index in [0.717, 1.165) is 0 Å². The largest absolute Gasteiger partial charge is 0.368 e. The molecule has 0 saturated heterocycles. The Kier molecular flexibility index (Phi) is 1.80. The molecule has 56 valence electrons. The number of rotatable bonds is 0. The van der Waals surface area contributed by atoms with Crippen molar-refractivity contribution in [3.05, 3.63) is 11.2 Å². The third-order valence-corrected chi connectivity index (χ3v) is 1.26. The molecule has 0 amide bonds. The van der Waals surface area contributed by atoms with Gasteiger partial charge < -0.3 is 11.5 Å². The zero-order valence-corrected chi connectivity index (χ0v) is 5.78. The van der Waals surface area contributed by atoms with Gasteiger partial charge >= 0.3 is 0 Å². The summed E-state index contributed by atoms with van der Waals surface area (Å²) in [6.07, 6.45) is 0.669. The quantitative estimate of drug-likeness (QED) is 0.414. The fourth-order valence-corrected chi connectivity index (χ4v) is 0.778. The Balaban J connectivity index is 2.85. The maximum absolute atomic E-state index is 8.91. The number of aliphatic imine (C=N–C) groups is 1. The average Bonchev–Trinajstić information content (AvgIpc) is 1.82. The zero-order valence-electron chi connectivity index (χ0n) is 5.03. The molecule has 1 aliphatic rings. The van der Waals surface area contributed by atoms with Gasteiger partial charge in [-0.15, -0.1) is 0 Å². The minimum atomic E-state index is -0.704. The average molecular weight is 163 g/mol. The number of hydrogen-bond donors (Lipinski definition) is 3. The van der Waals surface area contributed by atoms with E-state index in [-0.39, 0.29) is 11.1 Å². The summed E-state index contributed by atoms with van der Waals surface area (Å²) < 4.78 is 0. The third kappa shape index (κ3) is 1.21. The van der Waals surface area contributed by atoms with Crippen molar-refractivity contribution in [2.45, 2.75) is 6.17 Å². The molecule has 1 aliphatic heterocycles. The molecule has 1 atom stereocenters. The van der Waals surface area contributed by atoms with Crippen LogP contribution in [0.2, 0.25) is 0 Å². The van der Waals surface area contributed by atoms with Gasteiger partial charge in [0.15, 0.2) is 0 Å². The van der Waals surface area contributed by atoms with Gasteiger partial charge in [0.1, 0.15) is 11.3 Å². The number of guanidine groups is 1. The fourth-order valence-electron chi connectivity index (χ4n) is 0.562. The molecule has 1 heterocycles. The topological polar surface area (TPSA) is 87.9 Å². The van der Waals surface area contributed by atoms with E-state index >= 15 is 0 Å². The van der Waals surface area contributed by atoms with Gasteiger partial charge in [-0.25, -0.2) is 10.1 Å². The van der Waals surface area contributed by atoms with Crippen LogP contribution in [0.1, 0.15) is 0 Å². The van der Waals surface area contributed by atoms with Gasteiger partial charge in [0, 0.05) is 0 Å². The van der Waals surface area contributed by atoms with Gasteiger partial charge in [-0.3, -0.25) is 5.21 Å². The molecule has 0 aliphatic carbocycles. The Morgan fingerprint density at radius 2 is 2.40 bits per heavy atom. The first kappa shape index (κ1) is 7.33. The standard InChI is InChI=1S/C4H7ClN4O/c5-2-1-3(6)9(10)4(7)8-2/h1,3,10H,6H2,(H2,7,8)/t3-/m1/s1. The Morgan fingerprint density at radius 1 is 1.80 bits per heavy atom. The van der Waals surface area contributed by atoms with E-state index in [2.05, 4.69) is 4.99 Å². The first-order chi connectivity index (χ1) is 4.61. The molecule has 0 fully saturated rings. The summed E-state index contributed by atoms with van der Waals surface area (Å²) in [6.45, 7) is 0. The van der Waals surface area contributed by atoms with Crippen LogP contribution < -0.4 is 11.5 Å². The first-order valence-electron chi connectivity index (χ1n) is 2.56. The first-order valence-corrected chi connectivity index (χ1v) is 2.94. The van der Waals surface area contributed by atoms with E-state index in [1.165, 1.54) is 6.08 Å². The molecule has 5 nitrogen and oxygen atoms in total.